The van der Waals surface area contributed by atoms with E-state index >= 15 is 0 Å². The first-order valence-electron chi connectivity index (χ1n) is 7.32. The second-order valence-corrected chi connectivity index (χ2v) is 6.12. The predicted octanol–water partition coefficient (Wildman–Crippen LogP) is 4.02. The van der Waals surface area contributed by atoms with Gasteiger partial charge in [0.2, 0.25) is 0 Å². The highest BCUT2D eigenvalue weighted by Crippen LogP contribution is 2.21. The number of carbonyl (C=O) groups is 1. The van der Waals surface area contributed by atoms with Crippen molar-refractivity contribution in [2.24, 2.45) is 0 Å². The Morgan fingerprint density at radius 2 is 1.83 bits per heavy atom. The number of halogens is 1. The van der Waals surface area contributed by atoms with E-state index < -0.39 is 0 Å². The lowest BCUT2D eigenvalue weighted by Gasteiger charge is -2.15. The Labute approximate surface area is 144 Å². The average molecular weight is 378 g/mol. The fourth-order valence-corrected chi connectivity index (χ4v) is 2.36. The molecule has 122 valence electrons. The Morgan fingerprint density at radius 3 is 2.43 bits per heavy atom. The number of ether oxygens (including phenoxy) is 2. The van der Waals surface area contributed by atoms with Crippen LogP contribution >= 0.6 is 15.9 Å². The Hall–Kier alpha value is -2.01. The van der Waals surface area contributed by atoms with Crippen LogP contribution in [0, 0.1) is 6.92 Å². The van der Waals surface area contributed by atoms with Crippen LogP contribution in [0.15, 0.2) is 46.9 Å². The molecule has 1 amide bonds. The smallest absolute Gasteiger partial charge is 0.258 e. The molecule has 2 aromatic rings. The molecule has 2 aromatic carbocycles. The first-order chi connectivity index (χ1) is 11.0. The molecule has 0 saturated carbocycles. The summed E-state index contributed by atoms with van der Waals surface area (Å²) >= 11 is 3.43. The Morgan fingerprint density at radius 1 is 1.17 bits per heavy atom. The van der Waals surface area contributed by atoms with Crippen molar-refractivity contribution in [2.45, 2.75) is 19.9 Å². The van der Waals surface area contributed by atoms with E-state index in [0.717, 1.165) is 21.3 Å². The fourth-order valence-electron chi connectivity index (χ4n) is 2.11. The Balaban J connectivity index is 1.86. The lowest BCUT2D eigenvalue weighted by Crippen LogP contribution is -2.31. The van der Waals surface area contributed by atoms with Crippen molar-refractivity contribution in [2.75, 3.05) is 13.7 Å². The summed E-state index contributed by atoms with van der Waals surface area (Å²) in [5, 5.41) is 2.92. The molecule has 0 saturated heterocycles. The summed E-state index contributed by atoms with van der Waals surface area (Å²) in [6.07, 6.45) is 0. The maximum Gasteiger partial charge on any atom is 0.258 e. The van der Waals surface area contributed by atoms with Gasteiger partial charge >= 0.3 is 0 Å². The maximum absolute atomic E-state index is 12.0. The lowest BCUT2D eigenvalue weighted by atomic mass is 10.1. The quantitative estimate of drug-likeness (QED) is 0.826. The molecule has 0 spiro atoms. The average Bonchev–Trinajstić information content (AvgIpc) is 2.56. The van der Waals surface area contributed by atoms with Crippen molar-refractivity contribution in [1.82, 2.24) is 5.32 Å². The topological polar surface area (TPSA) is 47.6 Å². The molecule has 0 unspecified atom stereocenters. The normalized spacial score (nSPS) is 11.7. The molecule has 0 aromatic heterocycles. The summed E-state index contributed by atoms with van der Waals surface area (Å²) < 4.78 is 11.7. The number of aryl methyl sites for hydroxylation is 1. The highest BCUT2D eigenvalue weighted by molar-refractivity contribution is 9.10. The van der Waals surface area contributed by atoms with E-state index in [9.17, 15) is 4.79 Å². The number of amides is 1. The lowest BCUT2D eigenvalue weighted by molar-refractivity contribution is -0.123. The van der Waals surface area contributed by atoms with Gasteiger partial charge < -0.3 is 14.8 Å². The number of hydrogen-bond acceptors (Lipinski definition) is 3. The molecule has 2 rings (SSSR count). The van der Waals surface area contributed by atoms with E-state index in [0.29, 0.717) is 5.75 Å². The van der Waals surface area contributed by atoms with Gasteiger partial charge in [-0.3, -0.25) is 4.79 Å². The number of benzene rings is 2. The van der Waals surface area contributed by atoms with Crippen molar-refractivity contribution in [3.05, 3.63) is 58.1 Å². The second-order valence-electron chi connectivity index (χ2n) is 5.26. The molecule has 1 atom stereocenters. The van der Waals surface area contributed by atoms with E-state index in [-0.39, 0.29) is 18.6 Å². The zero-order chi connectivity index (χ0) is 16.8. The van der Waals surface area contributed by atoms with Crippen LogP contribution < -0.4 is 14.8 Å². The number of methoxy groups -OCH3 is 1. The molecule has 0 aliphatic heterocycles. The highest BCUT2D eigenvalue weighted by atomic mass is 79.9. The molecule has 4 nitrogen and oxygen atoms in total. The number of nitrogens with one attached hydrogen (secondary N) is 1. The SMILES string of the molecule is COc1ccc([C@@H](C)NC(=O)COc2ccc(Br)c(C)c2)cc1. The first-order valence-corrected chi connectivity index (χ1v) is 8.11. The van der Waals surface area contributed by atoms with Crippen LogP contribution in [0.4, 0.5) is 0 Å². The van der Waals surface area contributed by atoms with Gasteiger partial charge in [0.15, 0.2) is 6.61 Å². The predicted molar refractivity (Wildman–Crippen MR) is 93.9 cm³/mol. The van der Waals surface area contributed by atoms with E-state index in [2.05, 4.69) is 21.2 Å². The molecule has 0 aliphatic rings. The summed E-state index contributed by atoms with van der Waals surface area (Å²) in [5.41, 5.74) is 2.08. The summed E-state index contributed by atoms with van der Waals surface area (Å²) in [7, 11) is 1.63. The second kappa shape index (κ2) is 8.02. The molecule has 23 heavy (non-hydrogen) atoms. The maximum atomic E-state index is 12.0. The van der Waals surface area contributed by atoms with Gasteiger partial charge in [-0.1, -0.05) is 28.1 Å². The molecule has 0 radical (unpaired) electrons. The number of carbonyl (C=O) groups excluding carboxylic acids is 1. The van der Waals surface area contributed by atoms with Gasteiger partial charge in [0, 0.05) is 4.47 Å². The number of hydrogen-bond donors (Lipinski definition) is 1. The molecule has 5 heteroatoms. The van der Waals surface area contributed by atoms with E-state index in [4.69, 9.17) is 9.47 Å². The molecule has 0 bridgehead atoms. The molecular formula is C18H20BrNO3. The third kappa shape index (κ3) is 4.99. The van der Waals surface area contributed by atoms with Crippen LogP contribution in [0.3, 0.4) is 0 Å². The third-order valence-electron chi connectivity index (χ3n) is 3.49. The number of rotatable bonds is 6. The van der Waals surface area contributed by atoms with Gasteiger partial charge in [0.05, 0.1) is 13.2 Å². The van der Waals surface area contributed by atoms with Crippen molar-refractivity contribution in [1.29, 1.82) is 0 Å². The van der Waals surface area contributed by atoms with Crippen molar-refractivity contribution >= 4 is 21.8 Å². The highest BCUT2D eigenvalue weighted by Gasteiger charge is 2.10. The van der Waals surface area contributed by atoms with Crippen LogP contribution in [-0.4, -0.2) is 19.6 Å². The molecular weight excluding hydrogens is 358 g/mol. The zero-order valence-electron chi connectivity index (χ0n) is 13.4. The summed E-state index contributed by atoms with van der Waals surface area (Å²) in [4.78, 5) is 12.0. The Bertz CT molecular complexity index is 670. The van der Waals surface area contributed by atoms with Crippen LogP contribution in [0.1, 0.15) is 24.1 Å². The van der Waals surface area contributed by atoms with Gasteiger partial charge in [-0.25, -0.2) is 0 Å². The van der Waals surface area contributed by atoms with Gasteiger partial charge in [-0.15, -0.1) is 0 Å². The molecule has 0 aliphatic carbocycles. The zero-order valence-corrected chi connectivity index (χ0v) is 15.0. The van der Waals surface area contributed by atoms with Crippen LogP contribution in [-0.2, 0) is 4.79 Å². The van der Waals surface area contributed by atoms with Gasteiger partial charge in [0.25, 0.3) is 5.91 Å². The molecule has 1 N–H and O–H groups in total. The summed E-state index contributed by atoms with van der Waals surface area (Å²) in [6.45, 7) is 3.90. The largest absolute Gasteiger partial charge is 0.497 e. The van der Waals surface area contributed by atoms with Gasteiger partial charge in [-0.2, -0.15) is 0 Å². The van der Waals surface area contributed by atoms with Crippen molar-refractivity contribution in [3.8, 4) is 11.5 Å². The van der Waals surface area contributed by atoms with Crippen LogP contribution in [0.5, 0.6) is 11.5 Å². The fraction of sp³-hybridized carbons (Fsp3) is 0.278. The minimum Gasteiger partial charge on any atom is -0.497 e. The molecule has 0 heterocycles. The van der Waals surface area contributed by atoms with Gasteiger partial charge in [0.1, 0.15) is 11.5 Å². The van der Waals surface area contributed by atoms with Crippen molar-refractivity contribution in [3.63, 3.8) is 0 Å². The van der Waals surface area contributed by atoms with E-state index in [1.54, 1.807) is 7.11 Å². The third-order valence-corrected chi connectivity index (χ3v) is 4.38. The molecule has 0 fully saturated rings. The van der Waals surface area contributed by atoms with Crippen molar-refractivity contribution < 1.29 is 14.3 Å². The van der Waals surface area contributed by atoms with E-state index in [1.807, 2.05) is 56.3 Å². The Kier molecular flexibility index (Phi) is 6.04. The van der Waals surface area contributed by atoms with Crippen LogP contribution in [0.25, 0.3) is 0 Å². The first kappa shape index (κ1) is 17.3. The monoisotopic (exact) mass is 377 g/mol. The standard InChI is InChI=1S/C18H20BrNO3/c1-12-10-16(8-9-17(12)19)23-11-18(21)20-13(2)14-4-6-15(22-3)7-5-14/h4-10,13H,11H2,1-3H3,(H,20,21)/t13-/m1/s1. The minimum atomic E-state index is -0.158. The summed E-state index contributed by atoms with van der Waals surface area (Å²) in [5.74, 6) is 1.31. The summed E-state index contributed by atoms with van der Waals surface area (Å²) in [6, 6.07) is 13.1. The van der Waals surface area contributed by atoms with Gasteiger partial charge in [-0.05, 0) is 55.3 Å². The minimum absolute atomic E-state index is 0.0123. The van der Waals surface area contributed by atoms with E-state index in [1.165, 1.54) is 0 Å². The van der Waals surface area contributed by atoms with Crippen LogP contribution in [0.2, 0.25) is 0 Å².